The molecule has 7 heteroatoms. The number of halogens is 2. The molecule has 0 saturated carbocycles. The summed E-state index contributed by atoms with van der Waals surface area (Å²) in [4.78, 5) is 22.5. The maximum Gasteiger partial charge on any atom is 0.225 e. The molecule has 0 aliphatic heterocycles. The van der Waals surface area contributed by atoms with Gasteiger partial charge < -0.3 is 16.4 Å². The van der Waals surface area contributed by atoms with Crippen LogP contribution in [0.1, 0.15) is 20.3 Å². The molecule has 0 aromatic heterocycles. The number of rotatable bonds is 4. The topological polar surface area (TPSA) is 84.2 Å². The first-order valence-corrected chi connectivity index (χ1v) is 5.89. The molecule has 2 amide bonds. The van der Waals surface area contributed by atoms with Crippen molar-refractivity contribution in [2.45, 2.75) is 26.3 Å². The standard InChI is InChI=1S/C12H16ClN3O2.ClH/c1-7(14)5-12(18)16-9-3-4-10(13)11(6-9)15-8(2)17;/h3-4,6-7H,5,14H2,1-2H3,(H,15,17)(H,16,18);1H. The zero-order valence-electron chi connectivity index (χ0n) is 10.7. The Hall–Kier alpha value is -1.30. The van der Waals surface area contributed by atoms with Gasteiger partial charge in [-0.2, -0.15) is 0 Å². The van der Waals surface area contributed by atoms with E-state index in [2.05, 4.69) is 10.6 Å². The van der Waals surface area contributed by atoms with Gasteiger partial charge in [0.05, 0.1) is 10.7 Å². The van der Waals surface area contributed by atoms with Crippen LogP contribution in [0.5, 0.6) is 0 Å². The van der Waals surface area contributed by atoms with E-state index in [1.165, 1.54) is 6.92 Å². The average Bonchev–Trinajstić information content (AvgIpc) is 2.21. The summed E-state index contributed by atoms with van der Waals surface area (Å²) in [5, 5.41) is 5.68. The summed E-state index contributed by atoms with van der Waals surface area (Å²) in [6.07, 6.45) is 0.234. The molecule has 1 aromatic rings. The predicted octanol–water partition coefficient (Wildman–Crippen LogP) is 2.40. The molecule has 0 bridgehead atoms. The maximum absolute atomic E-state index is 11.5. The highest BCUT2D eigenvalue weighted by Crippen LogP contribution is 2.25. The van der Waals surface area contributed by atoms with E-state index < -0.39 is 0 Å². The number of carbonyl (C=O) groups excluding carboxylic acids is 2. The number of hydrogen-bond acceptors (Lipinski definition) is 3. The Labute approximate surface area is 123 Å². The second-order valence-corrected chi connectivity index (χ2v) is 4.51. The van der Waals surface area contributed by atoms with Crippen LogP contribution < -0.4 is 16.4 Å². The number of carbonyl (C=O) groups is 2. The second kappa shape index (κ2) is 7.99. The Morgan fingerprint density at radius 2 is 2.00 bits per heavy atom. The van der Waals surface area contributed by atoms with Gasteiger partial charge in [-0.25, -0.2) is 0 Å². The van der Waals surface area contributed by atoms with Crippen molar-refractivity contribution in [1.82, 2.24) is 0 Å². The third kappa shape index (κ3) is 6.42. The lowest BCUT2D eigenvalue weighted by Crippen LogP contribution is -2.24. The molecule has 1 unspecified atom stereocenters. The van der Waals surface area contributed by atoms with Gasteiger partial charge in [-0.3, -0.25) is 9.59 Å². The summed E-state index contributed by atoms with van der Waals surface area (Å²) in [6.45, 7) is 3.14. The quantitative estimate of drug-likeness (QED) is 0.798. The van der Waals surface area contributed by atoms with E-state index in [0.717, 1.165) is 0 Å². The van der Waals surface area contributed by atoms with Crippen LogP contribution in [0.4, 0.5) is 11.4 Å². The minimum absolute atomic E-state index is 0. The summed E-state index contributed by atoms with van der Waals surface area (Å²) in [5.41, 5.74) is 6.55. The van der Waals surface area contributed by atoms with Crippen molar-refractivity contribution in [1.29, 1.82) is 0 Å². The normalized spacial score (nSPS) is 11.2. The molecule has 1 atom stereocenters. The molecule has 1 aromatic carbocycles. The van der Waals surface area contributed by atoms with E-state index in [4.69, 9.17) is 17.3 Å². The average molecular weight is 306 g/mol. The van der Waals surface area contributed by atoms with Gasteiger partial charge in [-0.1, -0.05) is 11.6 Å². The van der Waals surface area contributed by atoms with Gasteiger partial charge >= 0.3 is 0 Å². The van der Waals surface area contributed by atoms with Gasteiger partial charge in [0.25, 0.3) is 0 Å². The summed E-state index contributed by atoms with van der Waals surface area (Å²) in [6, 6.07) is 4.66. The lowest BCUT2D eigenvalue weighted by atomic mass is 10.2. The molecule has 19 heavy (non-hydrogen) atoms. The fourth-order valence-corrected chi connectivity index (χ4v) is 1.56. The number of anilines is 2. The van der Waals surface area contributed by atoms with E-state index in [1.807, 2.05) is 0 Å². The van der Waals surface area contributed by atoms with Gasteiger partial charge in [-0.15, -0.1) is 12.4 Å². The number of nitrogens with one attached hydrogen (secondary N) is 2. The number of hydrogen-bond donors (Lipinski definition) is 3. The SMILES string of the molecule is CC(=O)Nc1cc(NC(=O)CC(C)N)ccc1Cl.Cl. The van der Waals surface area contributed by atoms with Crippen molar-refractivity contribution in [2.75, 3.05) is 10.6 Å². The Kier molecular flexibility index (Phi) is 7.44. The molecule has 0 spiro atoms. The van der Waals surface area contributed by atoms with Crippen LogP contribution in [0.3, 0.4) is 0 Å². The lowest BCUT2D eigenvalue weighted by molar-refractivity contribution is -0.116. The van der Waals surface area contributed by atoms with E-state index in [-0.39, 0.29) is 36.7 Å². The van der Waals surface area contributed by atoms with Crippen molar-refractivity contribution >= 4 is 47.2 Å². The van der Waals surface area contributed by atoms with Crippen LogP contribution in [0.15, 0.2) is 18.2 Å². The van der Waals surface area contributed by atoms with E-state index in [9.17, 15) is 9.59 Å². The number of benzene rings is 1. The lowest BCUT2D eigenvalue weighted by Gasteiger charge is -2.10. The van der Waals surface area contributed by atoms with Gasteiger partial charge in [0.15, 0.2) is 0 Å². The first kappa shape index (κ1) is 17.7. The largest absolute Gasteiger partial charge is 0.327 e. The number of nitrogens with two attached hydrogens (primary N) is 1. The summed E-state index contributed by atoms with van der Waals surface area (Å²) in [7, 11) is 0. The molecule has 0 heterocycles. The molecule has 0 saturated heterocycles. The monoisotopic (exact) mass is 305 g/mol. The van der Waals surface area contributed by atoms with Crippen molar-refractivity contribution in [3.63, 3.8) is 0 Å². The van der Waals surface area contributed by atoms with E-state index >= 15 is 0 Å². The maximum atomic E-state index is 11.5. The highest BCUT2D eigenvalue weighted by molar-refractivity contribution is 6.33. The molecular weight excluding hydrogens is 289 g/mol. The minimum atomic E-state index is -0.226. The van der Waals surface area contributed by atoms with Crippen LogP contribution in [-0.4, -0.2) is 17.9 Å². The van der Waals surface area contributed by atoms with Crippen LogP contribution >= 0.6 is 24.0 Å². The Morgan fingerprint density at radius 1 is 1.37 bits per heavy atom. The fourth-order valence-electron chi connectivity index (χ4n) is 1.39. The highest BCUT2D eigenvalue weighted by atomic mass is 35.5. The Morgan fingerprint density at radius 3 is 2.53 bits per heavy atom. The molecule has 0 aliphatic carbocycles. The first-order chi connectivity index (χ1) is 8.38. The van der Waals surface area contributed by atoms with Gasteiger partial charge in [0.1, 0.15) is 0 Å². The van der Waals surface area contributed by atoms with Crippen LogP contribution in [0, 0.1) is 0 Å². The van der Waals surface area contributed by atoms with Crippen molar-refractivity contribution in [3.05, 3.63) is 23.2 Å². The van der Waals surface area contributed by atoms with Crippen LogP contribution in [0.2, 0.25) is 5.02 Å². The first-order valence-electron chi connectivity index (χ1n) is 5.51. The summed E-state index contributed by atoms with van der Waals surface area (Å²) < 4.78 is 0. The van der Waals surface area contributed by atoms with E-state index in [1.54, 1.807) is 25.1 Å². The van der Waals surface area contributed by atoms with Gasteiger partial charge in [-0.05, 0) is 25.1 Å². The molecule has 0 aliphatic rings. The minimum Gasteiger partial charge on any atom is -0.327 e. The van der Waals surface area contributed by atoms with Crippen molar-refractivity contribution < 1.29 is 9.59 Å². The zero-order valence-corrected chi connectivity index (χ0v) is 12.3. The van der Waals surface area contributed by atoms with E-state index in [0.29, 0.717) is 16.4 Å². The van der Waals surface area contributed by atoms with Gasteiger partial charge in [0, 0.05) is 25.1 Å². The molecule has 106 valence electrons. The molecule has 5 nitrogen and oxygen atoms in total. The second-order valence-electron chi connectivity index (χ2n) is 4.11. The summed E-state index contributed by atoms with van der Waals surface area (Å²) in [5.74, 6) is -0.406. The van der Waals surface area contributed by atoms with Crippen LogP contribution in [-0.2, 0) is 9.59 Å². The molecule has 4 N–H and O–H groups in total. The Bertz CT molecular complexity index is 464. The molecule has 1 rings (SSSR count). The van der Waals surface area contributed by atoms with Gasteiger partial charge in [0.2, 0.25) is 11.8 Å². The third-order valence-corrected chi connectivity index (χ3v) is 2.40. The predicted molar refractivity (Wildman–Crippen MR) is 79.9 cm³/mol. The number of amides is 2. The fraction of sp³-hybridized carbons (Fsp3) is 0.333. The molecule has 0 radical (unpaired) electrons. The molecular formula is C12H17Cl2N3O2. The Balaban J connectivity index is 0.00000324. The smallest absolute Gasteiger partial charge is 0.225 e. The summed E-state index contributed by atoms with van der Waals surface area (Å²) >= 11 is 5.91. The highest BCUT2D eigenvalue weighted by Gasteiger charge is 2.08. The van der Waals surface area contributed by atoms with Crippen molar-refractivity contribution in [2.24, 2.45) is 5.73 Å². The molecule has 0 fully saturated rings. The zero-order chi connectivity index (χ0) is 13.7. The van der Waals surface area contributed by atoms with Crippen molar-refractivity contribution in [3.8, 4) is 0 Å². The van der Waals surface area contributed by atoms with Crippen LogP contribution in [0.25, 0.3) is 0 Å². The third-order valence-electron chi connectivity index (χ3n) is 2.07.